The van der Waals surface area contributed by atoms with Crippen molar-refractivity contribution in [1.29, 1.82) is 0 Å². The van der Waals surface area contributed by atoms with E-state index in [9.17, 15) is 8.42 Å². The fraction of sp³-hybridized carbons (Fsp3) is 0.625. The molecule has 0 aromatic heterocycles. The van der Waals surface area contributed by atoms with E-state index in [1.165, 1.54) is 0 Å². The number of sulfonamides is 1. The number of unbranched alkanes of at least 4 members (excludes halogenated alkanes) is 1. The van der Waals surface area contributed by atoms with Crippen LogP contribution >= 0.6 is 0 Å². The van der Waals surface area contributed by atoms with Gasteiger partial charge >= 0.3 is 0 Å². The van der Waals surface area contributed by atoms with Crippen LogP contribution in [0.25, 0.3) is 0 Å². The molecule has 1 rings (SSSR count). The zero-order chi connectivity index (χ0) is 15.9. The topological polar surface area (TPSA) is 72.2 Å². The van der Waals surface area contributed by atoms with Crippen molar-refractivity contribution in [2.45, 2.75) is 57.8 Å². The van der Waals surface area contributed by atoms with E-state index < -0.39 is 10.0 Å². The van der Waals surface area contributed by atoms with Crippen LogP contribution in [-0.2, 0) is 16.4 Å². The van der Waals surface area contributed by atoms with Gasteiger partial charge in [0.1, 0.15) is 0 Å². The van der Waals surface area contributed by atoms with Crippen molar-refractivity contribution >= 4 is 15.7 Å². The van der Waals surface area contributed by atoms with Crippen LogP contribution in [0.2, 0.25) is 0 Å². The van der Waals surface area contributed by atoms with E-state index in [0.29, 0.717) is 18.2 Å². The van der Waals surface area contributed by atoms with Crippen molar-refractivity contribution in [3.8, 4) is 0 Å². The van der Waals surface area contributed by atoms with Gasteiger partial charge in [-0.3, -0.25) is 0 Å². The number of rotatable bonds is 9. The van der Waals surface area contributed by atoms with E-state index in [1.807, 2.05) is 6.92 Å². The molecule has 4 nitrogen and oxygen atoms in total. The molecule has 0 saturated carbocycles. The first-order valence-electron chi connectivity index (χ1n) is 7.82. The molecule has 0 spiro atoms. The molecule has 0 saturated heterocycles. The summed E-state index contributed by atoms with van der Waals surface area (Å²) in [5, 5.41) is 0. The van der Waals surface area contributed by atoms with Crippen LogP contribution in [0.15, 0.2) is 23.1 Å². The molecule has 0 amide bonds. The molecule has 21 heavy (non-hydrogen) atoms. The minimum absolute atomic E-state index is 0.252. The number of nitrogen functional groups attached to an aromatic ring is 1. The fourth-order valence-corrected chi connectivity index (χ4v) is 3.47. The summed E-state index contributed by atoms with van der Waals surface area (Å²) in [5.74, 6) is 0.395. The first-order chi connectivity index (χ1) is 9.94. The fourth-order valence-electron chi connectivity index (χ4n) is 2.32. The monoisotopic (exact) mass is 312 g/mol. The Bertz CT molecular complexity index is 541. The molecule has 1 aromatic rings. The molecule has 0 bridgehead atoms. The van der Waals surface area contributed by atoms with Gasteiger partial charge in [0.15, 0.2) is 0 Å². The van der Waals surface area contributed by atoms with E-state index >= 15 is 0 Å². The van der Waals surface area contributed by atoms with Crippen LogP contribution in [0.5, 0.6) is 0 Å². The Morgan fingerprint density at radius 1 is 1.24 bits per heavy atom. The van der Waals surface area contributed by atoms with Gasteiger partial charge in [-0.25, -0.2) is 13.1 Å². The van der Waals surface area contributed by atoms with Gasteiger partial charge in [0.2, 0.25) is 10.0 Å². The Hall–Kier alpha value is -1.07. The Morgan fingerprint density at radius 2 is 1.95 bits per heavy atom. The largest absolute Gasteiger partial charge is 0.398 e. The van der Waals surface area contributed by atoms with E-state index in [4.69, 9.17) is 5.73 Å². The number of hydrogen-bond acceptors (Lipinski definition) is 3. The van der Waals surface area contributed by atoms with Gasteiger partial charge < -0.3 is 5.73 Å². The normalized spacial score (nSPS) is 13.3. The van der Waals surface area contributed by atoms with Gasteiger partial charge in [0, 0.05) is 12.2 Å². The minimum Gasteiger partial charge on any atom is -0.398 e. The van der Waals surface area contributed by atoms with Crippen molar-refractivity contribution in [2.24, 2.45) is 5.92 Å². The maximum Gasteiger partial charge on any atom is 0.240 e. The third kappa shape index (κ3) is 5.32. The second kappa shape index (κ2) is 8.39. The third-order valence-corrected chi connectivity index (χ3v) is 5.34. The zero-order valence-electron chi connectivity index (χ0n) is 13.4. The highest BCUT2D eigenvalue weighted by Gasteiger charge is 2.17. The summed E-state index contributed by atoms with van der Waals surface area (Å²) in [6.45, 7) is 6.74. The third-order valence-electron chi connectivity index (χ3n) is 3.91. The highest BCUT2D eigenvalue weighted by molar-refractivity contribution is 7.89. The smallest absolute Gasteiger partial charge is 0.240 e. The van der Waals surface area contributed by atoms with Gasteiger partial charge in [-0.1, -0.05) is 46.1 Å². The summed E-state index contributed by atoms with van der Waals surface area (Å²) in [5.41, 5.74) is 7.40. The van der Waals surface area contributed by atoms with Gasteiger partial charge in [-0.15, -0.1) is 0 Å². The Kier molecular flexibility index (Phi) is 7.18. The molecule has 0 aliphatic heterocycles. The predicted octanol–water partition coefficient (Wildman–Crippen LogP) is 3.33. The average Bonchev–Trinajstić information content (AvgIpc) is 2.47. The lowest BCUT2D eigenvalue weighted by atomic mass is 10.00. The molecule has 0 heterocycles. The lowest BCUT2D eigenvalue weighted by Crippen LogP contribution is -2.29. The van der Waals surface area contributed by atoms with Crippen LogP contribution in [0.4, 0.5) is 5.69 Å². The molecule has 5 heteroatoms. The quantitative estimate of drug-likeness (QED) is 0.687. The Morgan fingerprint density at radius 3 is 2.48 bits per heavy atom. The van der Waals surface area contributed by atoms with Crippen LogP contribution in [0.3, 0.4) is 0 Å². The van der Waals surface area contributed by atoms with E-state index in [-0.39, 0.29) is 4.90 Å². The van der Waals surface area contributed by atoms with Crippen molar-refractivity contribution in [3.63, 3.8) is 0 Å². The predicted molar refractivity (Wildman–Crippen MR) is 88.7 cm³/mol. The maximum absolute atomic E-state index is 12.3. The van der Waals surface area contributed by atoms with Gasteiger partial charge in [0.05, 0.1) is 4.90 Å². The molecule has 120 valence electrons. The van der Waals surface area contributed by atoms with E-state index in [2.05, 4.69) is 18.6 Å². The molecule has 3 N–H and O–H groups in total. The molecule has 1 aromatic carbocycles. The minimum atomic E-state index is -3.47. The number of benzene rings is 1. The molecule has 1 atom stereocenters. The van der Waals surface area contributed by atoms with Crippen molar-refractivity contribution in [1.82, 2.24) is 4.72 Å². The standard InChI is InChI=1S/C16H28N2O2S/c1-4-7-8-13(5-2)12-18-21(19,20)15-10-9-14(6-3)16(17)11-15/h9-11,13,18H,4-8,12,17H2,1-3H3. The summed E-state index contributed by atoms with van der Waals surface area (Å²) in [6, 6.07) is 4.97. The second-order valence-corrected chi connectivity index (χ2v) is 7.25. The number of nitrogens with two attached hydrogens (primary N) is 1. The van der Waals surface area contributed by atoms with Crippen molar-refractivity contribution in [2.75, 3.05) is 12.3 Å². The van der Waals surface area contributed by atoms with E-state index in [1.54, 1.807) is 18.2 Å². The van der Waals surface area contributed by atoms with Crippen molar-refractivity contribution < 1.29 is 8.42 Å². The maximum atomic E-state index is 12.3. The van der Waals surface area contributed by atoms with Gasteiger partial charge in [0.25, 0.3) is 0 Å². The molecule has 1 unspecified atom stereocenters. The molecular formula is C16H28N2O2S. The SMILES string of the molecule is CCCCC(CC)CNS(=O)(=O)c1ccc(CC)c(N)c1. The lowest BCUT2D eigenvalue weighted by molar-refractivity contribution is 0.444. The molecule has 0 fully saturated rings. The molecule has 0 aliphatic rings. The number of aryl methyl sites for hydroxylation is 1. The van der Waals surface area contributed by atoms with Crippen molar-refractivity contribution in [3.05, 3.63) is 23.8 Å². The summed E-state index contributed by atoms with van der Waals surface area (Å²) in [6.07, 6.45) is 5.12. The van der Waals surface area contributed by atoms with Crippen LogP contribution in [0.1, 0.15) is 52.0 Å². The number of nitrogens with one attached hydrogen (secondary N) is 1. The number of anilines is 1. The summed E-state index contributed by atoms with van der Waals surface area (Å²) in [7, 11) is -3.47. The van der Waals surface area contributed by atoms with Gasteiger partial charge in [-0.05, 0) is 36.5 Å². The summed E-state index contributed by atoms with van der Waals surface area (Å²) >= 11 is 0. The van der Waals surface area contributed by atoms with Crippen LogP contribution in [0, 0.1) is 5.92 Å². The first kappa shape index (κ1) is 18.0. The Balaban J connectivity index is 2.74. The van der Waals surface area contributed by atoms with E-state index in [0.717, 1.165) is 37.7 Å². The lowest BCUT2D eigenvalue weighted by Gasteiger charge is -2.16. The van der Waals surface area contributed by atoms with Crippen LogP contribution in [-0.4, -0.2) is 15.0 Å². The molecule has 0 aliphatic carbocycles. The number of hydrogen-bond donors (Lipinski definition) is 2. The zero-order valence-corrected chi connectivity index (χ0v) is 14.2. The molecular weight excluding hydrogens is 284 g/mol. The highest BCUT2D eigenvalue weighted by Crippen LogP contribution is 2.19. The molecule has 0 radical (unpaired) electrons. The second-order valence-electron chi connectivity index (χ2n) is 5.48. The highest BCUT2D eigenvalue weighted by atomic mass is 32.2. The van der Waals surface area contributed by atoms with Crippen LogP contribution < -0.4 is 10.5 Å². The first-order valence-corrected chi connectivity index (χ1v) is 9.30. The summed E-state index contributed by atoms with van der Waals surface area (Å²) in [4.78, 5) is 0.252. The average molecular weight is 312 g/mol. The Labute approximate surface area is 129 Å². The van der Waals surface area contributed by atoms with Gasteiger partial charge in [-0.2, -0.15) is 0 Å². The summed E-state index contributed by atoms with van der Waals surface area (Å²) < 4.78 is 27.3.